The average molecular weight is 399 g/mol. The van der Waals surface area contributed by atoms with Gasteiger partial charge in [0.25, 0.3) is 0 Å². The molecule has 1 aliphatic rings. The largest absolute Gasteiger partial charge is 0.339 e. The second-order valence-corrected chi connectivity index (χ2v) is 8.49. The van der Waals surface area contributed by atoms with Gasteiger partial charge in [0.15, 0.2) is 0 Å². The molecule has 1 unspecified atom stereocenters. The van der Waals surface area contributed by atoms with Gasteiger partial charge in [0.05, 0.1) is 16.0 Å². The Kier molecular flexibility index (Phi) is 5.71. The number of carbonyl (C=O) groups is 1. The number of carbonyl (C=O) groups excluding carboxylic acids is 1. The van der Waals surface area contributed by atoms with Gasteiger partial charge >= 0.3 is 0 Å². The van der Waals surface area contributed by atoms with Crippen LogP contribution in [-0.2, 0) is 4.79 Å². The highest BCUT2D eigenvalue weighted by molar-refractivity contribution is 8.00. The van der Waals surface area contributed by atoms with Crippen LogP contribution >= 0.6 is 23.1 Å². The third-order valence-electron chi connectivity index (χ3n) is 5.04. The van der Waals surface area contributed by atoms with Crippen molar-refractivity contribution in [2.45, 2.75) is 18.0 Å². The highest BCUT2D eigenvalue weighted by Crippen LogP contribution is 2.29. The lowest BCUT2D eigenvalue weighted by atomic mass is 10.1. The Labute approximate surface area is 167 Å². The molecule has 1 aliphatic heterocycles. The molecule has 1 atom stereocenters. The Morgan fingerprint density at radius 1 is 1.15 bits per heavy atom. The summed E-state index contributed by atoms with van der Waals surface area (Å²) in [5.74, 6) is 0.619. The molecule has 1 aromatic carbocycles. The fourth-order valence-electron chi connectivity index (χ4n) is 3.39. The molecule has 0 aliphatic carbocycles. The number of hydrogen-bond acceptors (Lipinski definition) is 6. The lowest BCUT2D eigenvalue weighted by molar-refractivity contribution is -0.130. The van der Waals surface area contributed by atoms with E-state index >= 15 is 0 Å². The Morgan fingerprint density at radius 3 is 2.70 bits per heavy atom. The predicted octanol–water partition coefficient (Wildman–Crippen LogP) is 3.69. The number of thioether (sulfide) groups is 1. The lowest BCUT2D eigenvalue weighted by Crippen LogP contribution is -2.49. The molecule has 5 nitrogen and oxygen atoms in total. The first-order chi connectivity index (χ1) is 13.2. The summed E-state index contributed by atoms with van der Waals surface area (Å²) >= 11 is 3.14. The van der Waals surface area contributed by atoms with Gasteiger partial charge in [-0.25, -0.2) is 9.97 Å². The zero-order chi connectivity index (χ0) is 18.6. The number of thiophene rings is 1. The number of benzene rings is 1. The van der Waals surface area contributed by atoms with Crippen molar-refractivity contribution in [2.24, 2.45) is 0 Å². The molecule has 0 bridgehead atoms. The highest BCUT2D eigenvalue weighted by Gasteiger charge is 2.24. The van der Waals surface area contributed by atoms with Crippen molar-refractivity contribution >= 4 is 39.2 Å². The van der Waals surface area contributed by atoms with Gasteiger partial charge in [-0.2, -0.15) is 0 Å². The number of piperazine rings is 1. The molecule has 0 spiro atoms. The standard InChI is InChI=1S/C20H22N4OS2/c1-15(16-5-3-2-4-6-16)23-8-10-24(11-9-23)18(25)13-27-20-19-17(7-12-26-19)21-14-22-20/h2-7,12,14-15H,8-11,13H2,1H3. The molecule has 7 heteroatoms. The van der Waals surface area contributed by atoms with Crippen LogP contribution in [0.25, 0.3) is 10.2 Å². The molecule has 1 saturated heterocycles. The molecule has 140 valence electrons. The van der Waals surface area contributed by atoms with Crippen LogP contribution in [0.1, 0.15) is 18.5 Å². The van der Waals surface area contributed by atoms with E-state index in [0.29, 0.717) is 11.8 Å². The summed E-state index contributed by atoms with van der Waals surface area (Å²) < 4.78 is 1.07. The monoisotopic (exact) mass is 398 g/mol. The SMILES string of the molecule is CC(c1ccccc1)N1CCN(C(=O)CSc2ncnc3ccsc23)CC1. The molecule has 1 amide bonds. The van der Waals surface area contributed by atoms with Crippen molar-refractivity contribution in [2.75, 3.05) is 31.9 Å². The summed E-state index contributed by atoms with van der Waals surface area (Å²) in [6.45, 7) is 5.64. The van der Waals surface area contributed by atoms with Crippen LogP contribution in [0.3, 0.4) is 0 Å². The molecule has 1 fully saturated rings. The molecule has 3 heterocycles. The summed E-state index contributed by atoms with van der Waals surface area (Å²) in [6, 6.07) is 12.9. The van der Waals surface area contributed by atoms with Crippen molar-refractivity contribution in [3.05, 3.63) is 53.7 Å². The summed E-state index contributed by atoms with van der Waals surface area (Å²) in [7, 11) is 0. The van der Waals surface area contributed by atoms with Gasteiger partial charge in [-0.05, 0) is 23.9 Å². The van der Waals surface area contributed by atoms with Crippen LogP contribution in [0.5, 0.6) is 0 Å². The molecule has 0 radical (unpaired) electrons. The first-order valence-electron chi connectivity index (χ1n) is 9.10. The van der Waals surface area contributed by atoms with Gasteiger partial charge in [-0.3, -0.25) is 9.69 Å². The molecular weight excluding hydrogens is 376 g/mol. The fraction of sp³-hybridized carbons (Fsp3) is 0.350. The van der Waals surface area contributed by atoms with E-state index in [9.17, 15) is 4.79 Å². The zero-order valence-electron chi connectivity index (χ0n) is 15.2. The fourth-order valence-corrected chi connectivity index (χ4v) is 5.24. The smallest absolute Gasteiger partial charge is 0.233 e. The van der Waals surface area contributed by atoms with Gasteiger partial charge in [0.1, 0.15) is 11.4 Å². The van der Waals surface area contributed by atoms with Crippen molar-refractivity contribution in [3.63, 3.8) is 0 Å². The molecule has 0 saturated carbocycles. The Balaban J connectivity index is 1.30. The topological polar surface area (TPSA) is 49.3 Å². The third kappa shape index (κ3) is 4.15. The quantitative estimate of drug-likeness (QED) is 0.485. The van der Waals surface area contributed by atoms with Gasteiger partial charge in [0, 0.05) is 32.2 Å². The van der Waals surface area contributed by atoms with Gasteiger partial charge in [0.2, 0.25) is 5.91 Å². The molecular formula is C20H22N4OS2. The van der Waals surface area contributed by atoms with Crippen molar-refractivity contribution in [3.8, 4) is 0 Å². The normalized spacial score (nSPS) is 16.6. The van der Waals surface area contributed by atoms with Crippen LogP contribution in [0.15, 0.2) is 53.1 Å². The minimum atomic E-state index is 0.190. The van der Waals surface area contributed by atoms with E-state index in [4.69, 9.17) is 0 Å². The first-order valence-corrected chi connectivity index (χ1v) is 11.0. The molecule has 27 heavy (non-hydrogen) atoms. The third-order valence-corrected chi connectivity index (χ3v) is 7.05. The van der Waals surface area contributed by atoms with E-state index in [1.54, 1.807) is 17.7 Å². The van der Waals surface area contributed by atoms with Crippen LogP contribution in [0.2, 0.25) is 0 Å². The summed E-state index contributed by atoms with van der Waals surface area (Å²) in [4.78, 5) is 25.7. The van der Waals surface area contributed by atoms with Crippen molar-refractivity contribution in [1.29, 1.82) is 0 Å². The summed E-state index contributed by atoms with van der Waals surface area (Å²) in [5, 5.41) is 2.91. The zero-order valence-corrected chi connectivity index (χ0v) is 16.9. The molecule has 2 aromatic heterocycles. The van der Waals surface area contributed by atoms with E-state index < -0.39 is 0 Å². The van der Waals surface area contributed by atoms with Crippen LogP contribution < -0.4 is 0 Å². The number of nitrogens with zero attached hydrogens (tertiary/aromatic N) is 4. The Hall–Kier alpha value is -1.96. The minimum Gasteiger partial charge on any atom is -0.339 e. The number of amides is 1. The summed E-state index contributed by atoms with van der Waals surface area (Å²) in [6.07, 6.45) is 1.58. The maximum absolute atomic E-state index is 12.6. The average Bonchev–Trinajstić information content (AvgIpc) is 3.22. The number of hydrogen-bond donors (Lipinski definition) is 0. The predicted molar refractivity (Wildman–Crippen MR) is 111 cm³/mol. The minimum absolute atomic E-state index is 0.190. The van der Waals surface area contributed by atoms with E-state index in [-0.39, 0.29) is 5.91 Å². The second-order valence-electron chi connectivity index (χ2n) is 6.61. The van der Waals surface area contributed by atoms with Crippen molar-refractivity contribution in [1.82, 2.24) is 19.8 Å². The Bertz CT molecular complexity index is 907. The first kappa shape index (κ1) is 18.4. The van der Waals surface area contributed by atoms with E-state index in [1.165, 1.54) is 17.3 Å². The molecule has 3 aromatic rings. The van der Waals surface area contributed by atoms with Gasteiger partial charge in [-0.1, -0.05) is 42.1 Å². The molecule has 0 N–H and O–H groups in total. The lowest BCUT2D eigenvalue weighted by Gasteiger charge is -2.38. The second kappa shape index (κ2) is 8.37. The van der Waals surface area contributed by atoms with E-state index in [1.807, 2.05) is 22.4 Å². The van der Waals surface area contributed by atoms with Crippen LogP contribution in [0, 0.1) is 0 Å². The van der Waals surface area contributed by atoms with E-state index in [0.717, 1.165) is 41.4 Å². The number of rotatable bonds is 5. The molecule has 4 rings (SSSR count). The van der Waals surface area contributed by atoms with Gasteiger partial charge < -0.3 is 4.90 Å². The maximum atomic E-state index is 12.6. The Morgan fingerprint density at radius 2 is 1.93 bits per heavy atom. The highest BCUT2D eigenvalue weighted by atomic mass is 32.2. The van der Waals surface area contributed by atoms with E-state index in [2.05, 4.69) is 46.1 Å². The van der Waals surface area contributed by atoms with Crippen LogP contribution in [-0.4, -0.2) is 57.6 Å². The number of fused-ring (bicyclic) bond motifs is 1. The van der Waals surface area contributed by atoms with Gasteiger partial charge in [-0.15, -0.1) is 11.3 Å². The number of aromatic nitrogens is 2. The van der Waals surface area contributed by atoms with Crippen LogP contribution in [0.4, 0.5) is 0 Å². The maximum Gasteiger partial charge on any atom is 0.233 e. The summed E-state index contributed by atoms with van der Waals surface area (Å²) in [5.41, 5.74) is 2.28. The van der Waals surface area contributed by atoms with Crippen molar-refractivity contribution < 1.29 is 4.79 Å².